The van der Waals surface area contributed by atoms with Gasteiger partial charge in [0.2, 0.25) is 5.51 Å². The molecule has 2 rings (SSSR count). The second-order valence-corrected chi connectivity index (χ2v) is 12.0. The highest BCUT2D eigenvalue weighted by molar-refractivity contribution is 7.07. The van der Waals surface area contributed by atoms with Gasteiger partial charge in [0, 0.05) is 12.8 Å². The second kappa shape index (κ2) is 23.9. The summed E-state index contributed by atoms with van der Waals surface area (Å²) in [6.07, 6.45) is 29.6. The molecule has 0 N–H and O–H groups in total. The minimum atomic E-state index is -0.118. The van der Waals surface area contributed by atoms with Gasteiger partial charge in [-0.15, -0.1) is 0 Å². The maximum Gasteiger partial charge on any atom is 0.305 e. The zero-order chi connectivity index (χ0) is 26.9. The van der Waals surface area contributed by atoms with Crippen LogP contribution in [0.5, 0.6) is 0 Å². The third-order valence-corrected chi connectivity index (χ3v) is 8.28. The van der Waals surface area contributed by atoms with Gasteiger partial charge >= 0.3 is 5.97 Å². The van der Waals surface area contributed by atoms with E-state index in [1.54, 1.807) is 11.3 Å². The van der Waals surface area contributed by atoms with Crippen LogP contribution in [0.15, 0.2) is 17.1 Å². The lowest BCUT2D eigenvalue weighted by Gasteiger charge is -2.12. The number of aromatic nitrogens is 1. The van der Waals surface area contributed by atoms with Crippen molar-refractivity contribution in [3.63, 3.8) is 0 Å². The molecule has 0 aromatic carbocycles. The van der Waals surface area contributed by atoms with Crippen molar-refractivity contribution in [1.29, 1.82) is 0 Å². The van der Waals surface area contributed by atoms with E-state index in [0.29, 0.717) is 19.6 Å². The Bertz CT molecular complexity index is 654. The lowest BCUT2D eigenvalue weighted by atomic mass is 10.0. The van der Waals surface area contributed by atoms with Crippen molar-refractivity contribution in [3.8, 4) is 0 Å². The van der Waals surface area contributed by atoms with Crippen molar-refractivity contribution in [2.45, 2.75) is 167 Å². The Morgan fingerprint density at radius 3 is 2.00 bits per heavy atom. The molecule has 1 aromatic rings. The first kappa shape index (κ1) is 33.2. The number of hydrogen-bond acceptors (Lipinski definition) is 5. The van der Waals surface area contributed by atoms with E-state index in [0.717, 1.165) is 32.2 Å². The highest BCUT2D eigenvalue weighted by atomic mass is 32.1. The van der Waals surface area contributed by atoms with Crippen LogP contribution < -0.4 is 4.57 Å². The number of hydrogen-bond donors (Lipinski definition) is 0. The molecule has 0 unspecified atom stereocenters. The summed E-state index contributed by atoms with van der Waals surface area (Å²) >= 11 is 1.73. The second-order valence-electron chi connectivity index (χ2n) is 11.2. The SMILES string of the molecule is CCCCCCCCCCCCCCCCC[C@@H]1OC[C@@H](COC(=O)CCCCCCC[n+]2ccsc2)O1. The van der Waals surface area contributed by atoms with Crippen LogP contribution in [0.3, 0.4) is 0 Å². The average molecular weight is 553 g/mol. The van der Waals surface area contributed by atoms with Gasteiger partial charge in [0.25, 0.3) is 0 Å². The molecule has 0 saturated carbocycles. The lowest BCUT2D eigenvalue weighted by Crippen LogP contribution is -2.29. The van der Waals surface area contributed by atoms with E-state index in [4.69, 9.17) is 14.2 Å². The summed E-state index contributed by atoms with van der Waals surface area (Å²) < 4.78 is 19.4. The molecule has 1 saturated heterocycles. The summed E-state index contributed by atoms with van der Waals surface area (Å²) in [7, 11) is 0. The predicted molar refractivity (Wildman–Crippen MR) is 157 cm³/mol. The molecule has 0 aliphatic carbocycles. The van der Waals surface area contributed by atoms with Gasteiger partial charge in [-0.3, -0.25) is 4.79 Å². The average Bonchev–Trinajstić information content (AvgIpc) is 3.61. The molecule has 1 aromatic heterocycles. The molecular weight excluding hydrogens is 494 g/mol. The fourth-order valence-electron chi connectivity index (χ4n) is 5.17. The number of rotatable bonds is 26. The Morgan fingerprint density at radius 1 is 0.816 bits per heavy atom. The molecule has 220 valence electrons. The van der Waals surface area contributed by atoms with Gasteiger partial charge < -0.3 is 14.2 Å². The minimum Gasteiger partial charge on any atom is -0.463 e. The van der Waals surface area contributed by atoms with E-state index in [1.165, 1.54) is 109 Å². The standard InChI is InChI=1S/C32H58NO4S/c1-2-3-4-5-6-7-8-9-10-11-12-13-14-17-20-23-32-36-28-30(37-32)27-35-31(34)22-19-16-15-18-21-24-33-25-26-38-29-33/h25-26,29-30,32H,2-24,27-28H2,1H3/q+1/t30-,32-/m1/s1. The van der Waals surface area contributed by atoms with Crippen molar-refractivity contribution in [2.24, 2.45) is 0 Å². The van der Waals surface area contributed by atoms with Crippen LogP contribution in [0.2, 0.25) is 0 Å². The summed E-state index contributed by atoms with van der Waals surface area (Å²) in [5, 5.41) is 2.11. The van der Waals surface area contributed by atoms with Crippen molar-refractivity contribution < 1.29 is 23.6 Å². The molecule has 38 heavy (non-hydrogen) atoms. The van der Waals surface area contributed by atoms with Crippen molar-refractivity contribution in [2.75, 3.05) is 13.2 Å². The first-order valence-electron chi connectivity index (χ1n) is 16.1. The van der Waals surface area contributed by atoms with Crippen LogP contribution in [0.1, 0.15) is 148 Å². The number of thiazole rings is 1. The van der Waals surface area contributed by atoms with Crippen LogP contribution >= 0.6 is 11.3 Å². The molecule has 0 bridgehead atoms. The summed E-state index contributed by atoms with van der Waals surface area (Å²) in [4.78, 5) is 12.0. The highest BCUT2D eigenvalue weighted by Crippen LogP contribution is 2.19. The Balaban J connectivity index is 1.29. The Hall–Kier alpha value is -0.980. The van der Waals surface area contributed by atoms with Gasteiger partial charge in [-0.05, 0) is 25.7 Å². The van der Waals surface area contributed by atoms with Crippen LogP contribution in [-0.2, 0) is 25.5 Å². The summed E-state index contributed by atoms with van der Waals surface area (Å²) in [5.41, 5.74) is 2.15. The third-order valence-electron chi connectivity index (χ3n) is 7.61. The molecule has 6 heteroatoms. The monoisotopic (exact) mass is 552 g/mol. The summed E-state index contributed by atoms with van der Waals surface area (Å²) in [6, 6.07) is 0. The molecule has 0 spiro atoms. The van der Waals surface area contributed by atoms with Gasteiger partial charge in [0.05, 0.1) is 12.0 Å². The van der Waals surface area contributed by atoms with Gasteiger partial charge in [-0.1, -0.05) is 121 Å². The first-order chi connectivity index (χ1) is 18.8. The quantitative estimate of drug-likeness (QED) is 0.0654. The predicted octanol–water partition coefficient (Wildman–Crippen LogP) is 8.92. The fraction of sp³-hybridized carbons (Fsp3) is 0.875. The number of carbonyl (C=O) groups is 1. The van der Waals surface area contributed by atoms with Crippen LogP contribution in [0, 0.1) is 0 Å². The molecular formula is C32H58NO4S+. The molecule has 0 amide bonds. The molecule has 2 atom stereocenters. The molecule has 5 nitrogen and oxygen atoms in total. The zero-order valence-electron chi connectivity index (χ0n) is 24.6. The number of nitrogens with zero attached hydrogens (tertiary/aromatic N) is 1. The van der Waals surface area contributed by atoms with Crippen LogP contribution in [-0.4, -0.2) is 31.6 Å². The van der Waals surface area contributed by atoms with Gasteiger partial charge in [0.15, 0.2) is 12.5 Å². The topological polar surface area (TPSA) is 48.6 Å². The van der Waals surface area contributed by atoms with E-state index in [-0.39, 0.29) is 18.4 Å². The molecule has 0 radical (unpaired) electrons. The molecule has 1 aliphatic rings. The third kappa shape index (κ3) is 18.3. The number of carbonyl (C=O) groups excluding carboxylic acids is 1. The van der Waals surface area contributed by atoms with E-state index in [2.05, 4.69) is 28.6 Å². The zero-order valence-corrected chi connectivity index (χ0v) is 25.4. The van der Waals surface area contributed by atoms with Gasteiger partial charge in [0.1, 0.15) is 19.3 Å². The fourth-order valence-corrected chi connectivity index (χ4v) is 5.80. The summed E-state index contributed by atoms with van der Waals surface area (Å²) in [5.74, 6) is -0.103. The van der Waals surface area contributed by atoms with E-state index < -0.39 is 0 Å². The number of unbranched alkanes of at least 4 members (excludes halogenated alkanes) is 18. The largest absolute Gasteiger partial charge is 0.463 e. The van der Waals surface area contributed by atoms with Gasteiger partial charge in [-0.2, -0.15) is 4.57 Å². The number of esters is 1. The van der Waals surface area contributed by atoms with Crippen LogP contribution in [0.4, 0.5) is 0 Å². The maximum atomic E-state index is 12.0. The number of ether oxygens (including phenoxy) is 3. The smallest absolute Gasteiger partial charge is 0.305 e. The van der Waals surface area contributed by atoms with Gasteiger partial charge in [-0.25, -0.2) is 0 Å². The Morgan fingerprint density at radius 2 is 1.39 bits per heavy atom. The Kier molecular flexibility index (Phi) is 20.9. The molecule has 1 fully saturated rings. The van der Waals surface area contributed by atoms with E-state index in [9.17, 15) is 4.79 Å². The normalized spacial score (nSPS) is 17.3. The van der Waals surface area contributed by atoms with Crippen molar-refractivity contribution in [1.82, 2.24) is 0 Å². The maximum absolute atomic E-state index is 12.0. The molecule has 2 heterocycles. The van der Waals surface area contributed by atoms with Crippen molar-refractivity contribution >= 4 is 17.3 Å². The summed E-state index contributed by atoms with van der Waals surface area (Å²) in [6.45, 7) is 4.24. The highest BCUT2D eigenvalue weighted by Gasteiger charge is 2.26. The Labute approximate surface area is 238 Å². The number of aryl methyl sites for hydroxylation is 1. The molecule has 1 aliphatic heterocycles. The first-order valence-corrected chi connectivity index (χ1v) is 17.1. The lowest BCUT2D eigenvalue weighted by molar-refractivity contribution is -0.692. The van der Waals surface area contributed by atoms with Crippen molar-refractivity contribution in [3.05, 3.63) is 17.1 Å². The van der Waals surface area contributed by atoms with Crippen LogP contribution in [0.25, 0.3) is 0 Å². The van der Waals surface area contributed by atoms with E-state index in [1.807, 2.05) is 0 Å². The minimum absolute atomic E-state index is 0.102. The van der Waals surface area contributed by atoms with E-state index >= 15 is 0 Å².